The van der Waals surface area contributed by atoms with Gasteiger partial charge in [-0.15, -0.1) is 0 Å². The van der Waals surface area contributed by atoms with E-state index in [0.717, 1.165) is 0 Å². The lowest BCUT2D eigenvalue weighted by Gasteiger charge is -2.40. The molecule has 96 valence electrons. The number of nitrogens with zero attached hydrogens (tertiary/aromatic N) is 4. The van der Waals surface area contributed by atoms with Crippen LogP contribution in [0.15, 0.2) is 30.3 Å². The van der Waals surface area contributed by atoms with Crippen molar-refractivity contribution in [1.82, 2.24) is 19.6 Å². The predicted octanol–water partition coefficient (Wildman–Crippen LogP) is 1.44. The molecule has 17 heavy (non-hydrogen) atoms. The molecule has 0 aliphatic rings. The summed E-state index contributed by atoms with van der Waals surface area (Å²) in [6.45, 7) is 0. The summed E-state index contributed by atoms with van der Waals surface area (Å²) in [7, 11) is 12.0. The highest BCUT2D eigenvalue weighted by Crippen LogP contribution is 2.41. The Balaban J connectivity index is 3.03. The Morgan fingerprint density at radius 2 is 1.12 bits per heavy atom. The van der Waals surface area contributed by atoms with Gasteiger partial charge in [0.2, 0.25) is 0 Å². The molecule has 0 unspecified atom stereocenters. The van der Waals surface area contributed by atoms with Gasteiger partial charge >= 0.3 is 0 Å². The molecule has 0 aliphatic carbocycles. The largest absolute Gasteiger partial charge is 0.243 e. The fourth-order valence-corrected chi connectivity index (χ4v) is 3.58. The van der Waals surface area contributed by atoms with Gasteiger partial charge in [0, 0.05) is 47.6 Å². The van der Waals surface area contributed by atoms with E-state index >= 15 is 0 Å². The van der Waals surface area contributed by atoms with Crippen molar-refractivity contribution in [3.63, 3.8) is 0 Å². The third kappa shape index (κ3) is 3.73. The van der Waals surface area contributed by atoms with Crippen molar-refractivity contribution in [3.05, 3.63) is 30.3 Å². The first-order chi connectivity index (χ1) is 7.95. The van der Waals surface area contributed by atoms with Gasteiger partial charge in [-0.25, -0.2) is 19.6 Å². The zero-order valence-electron chi connectivity index (χ0n) is 11.6. The van der Waals surface area contributed by atoms with Gasteiger partial charge in [0.25, 0.3) is 0 Å². The molecule has 0 saturated carbocycles. The summed E-state index contributed by atoms with van der Waals surface area (Å²) in [4.78, 5) is 0. The Kier molecular flexibility index (Phi) is 5.50. The third-order valence-electron chi connectivity index (χ3n) is 2.69. The highest BCUT2D eigenvalue weighted by molar-refractivity contribution is 7.60. The van der Waals surface area contributed by atoms with Gasteiger partial charge in [-0.3, -0.25) is 0 Å². The Morgan fingerprint density at radius 1 is 0.706 bits per heavy atom. The van der Waals surface area contributed by atoms with E-state index in [1.54, 1.807) is 0 Å². The molecule has 4 nitrogen and oxygen atoms in total. The fraction of sp³-hybridized carbons (Fsp3) is 0.500. The molecule has 1 rings (SSSR count). The molecule has 0 aliphatic heterocycles. The fourth-order valence-electron chi connectivity index (χ4n) is 1.42. The summed E-state index contributed by atoms with van der Waals surface area (Å²) in [5.74, 6) is 0. The van der Waals surface area contributed by atoms with Crippen molar-refractivity contribution in [2.45, 2.75) is 0 Å². The van der Waals surface area contributed by atoms with Gasteiger partial charge in [0.1, 0.15) is 8.22 Å². The third-order valence-corrected chi connectivity index (χ3v) is 5.27. The van der Waals surface area contributed by atoms with Gasteiger partial charge in [-0.2, -0.15) is 0 Å². The summed E-state index contributed by atoms with van der Waals surface area (Å²) in [5.41, 5.74) is 0. The van der Waals surface area contributed by atoms with Crippen molar-refractivity contribution in [2.24, 2.45) is 0 Å². The van der Waals surface area contributed by atoms with Crippen LogP contribution < -0.4 is 5.30 Å². The maximum atomic E-state index is 2.27. The molecule has 0 heterocycles. The van der Waals surface area contributed by atoms with Gasteiger partial charge in [0.05, 0.1) is 0 Å². The second-order valence-corrected chi connectivity index (χ2v) is 6.55. The molecule has 0 spiro atoms. The van der Waals surface area contributed by atoms with Crippen molar-refractivity contribution in [2.75, 3.05) is 42.3 Å². The molecule has 5 heteroatoms. The van der Waals surface area contributed by atoms with E-state index in [1.165, 1.54) is 5.30 Å². The van der Waals surface area contributed by atoms with Gasteiger partial charge in [-0.05, 0) is 0 Å². The molecule has 0 radical (unpaired) electrons. The van der Waals surface area contributed by atoms with E-state index in [1.807, 2.05) is 0 Å². The number of benzene rings is 1. The standard InChI is InChI=1S/C12H23N4P/c1-13(2)15(5)17(16(6)14(3)4)12-10-8-7-9-11-12/h7-11H,1-6H3. The topological polar surface area (TPSA) is 13.0 Å². The van der Waals surface area contributed by atoms with E-state index in [9.17, 15) is 0 Å². The SMILES string of the molecule is CN(C)N(C)P(c1ccccc1)N(C)N(C)C. The normalized spacial score (nSPS) is 12.4. The van der Waals surface area contributed by atoms with Crippen LogP contribution in [0.5, 0.6) is 0 Å². The summed E-state index contributed by atoms with van der Waals surface area (Å²) < 4.78 is 4.54. The molecule has 0 N–H and O–H groups in total. The smallest absolute Gasteiger partial charge is 0.101 e. The highest BCUT2D eigenvalue weighted by Gasteiger charge is 2.24. The average Bonchev–Trinajstić information content (AvgIpc) is 2.30. The van der Waals surface area contributed by atoms with Gasteiger partial charge in [-0.1, -0.05) is 30.3 Å². The number of hydrogen-bond acceptors (Lipinski definition) is 4. The maximum Gasteiger partial charge on any atom is 0.101 e. The summed E-state index contributed by atoms with van der Waals surface area (Å²) >= 11 is 0. The summed E-state index contributed by atoms with van der Waals surface area (Å²) in [6, 6.07) is 10.6. The molecule has 1 aromatic carbocycles. The first-order valence-electron chi connectivity index (χ1n) is 5.62. The number of hydrazine groups is 2. The molecule has 0 fully saturated rings. The number of hydrogen-bond donors (Lipinski definition) is 0. The molecule has 0 saturated heterocycles. The van der Waals surface area contributed by atoms with Crippen LogP contribution in [-0.2, 0) is 0 Å². The van der Waals surface area contributed by atoms with E-state index < -0.39 is 8.22 Å². The first-order valence-corrected chi connectivity index (χ1v) is 6.86. The average molecular weight is 254 g/mol. The lowest BCUT2D eigenvalue weighted by molar-refractivity contribution is 0.117. The van der Waals surface area contributed by atoms with Crippen LogP contribution in [0.2, 0.25) is 0 Å². The maximum absolute atomic E-state index is 2.27. The summed E-state index contributed by atoms with van der Waals surface area (Å²) in [5, 5.41) is 5.59. The second kappa shape index (κ2) is 6.43. The quantitative estimate of drug-likeness (QED) is 0.582. The molecular weight excluding hydrogens is 231 g/mol. The highest BCUT2D eigenvalue weighted by atomic mass is 31.1. The molecule has 1 aromatic rings. The van der Waals surface area contributed by atoms with Crippen LogP contribution in [0.1, 0.15) is 0 Å². The number of rotatable bonds is 5. The Hall–Kier alpha value is -0.510. The lowest BCUT2D eigenvalue weighted by atomic mass is 10.4. The molecule has 0 amide bonds. The van der Waals surface area contributed by atoms with Gasteiger partial charge in [0.15, 0.2) is 0 Å². The van der Waals surface area contributed by atoms with Crippen molar-refractivity contribution in [3.8, 4) is 0 Å². The van der Waals surface area contributed by atoms with Crippen LogP contribution >= 0.6 is 8.22 Å². The van der Waals surface area contributed by atoms with Crippen LogP contribution in [0.3, 0.4) is 0 Å². The minimum Gasteiger partial charge on any atom is -0.243 e. The first kappa shape index (κ1) is 14.6. The summed E-state index contributed by atoms with van der Waals surface area (Å²) in [6.07, 6.45) is 0. The minimum atomic E-state index is -0.539. The molecule has 0 atom stereocenters. The monoisotopic (exact) mass is 254 g/mol. The Labute approximate surface area is 106 Å². The Morgan fingerprint density at radius 3 is 1.47 bits per heavy atom. The zero-order valence-corrected chi connectivity index (χ0v) is 12.5. The van der Waals surface area contributed by atoms with E-state index in [2.05, 4.69) is 92.2 Å². The molecule has 0 bridgehead atoms. The zero-order chi connectivity index (χ0) is 13.0. The molecular formula is C12H23N4P. The second-order valence-electron chi connectivity index (χ2n) is 4.30. The van der Waals surface area contributed by atoms with Crippen molar-refractivity contribution in [1.29, 1.82) is 0 Å². The van der Waals surface area contributed by atoms with Crippen molar-refractivity contribution < 1.29 is 0 Å². The lowest BCUT2D eigenvalue weighted by Crippen LogP contribution is -2.41. The van der Waals surface area contributed by atoms with Crippen LogP contribution in [0.4, 0.5) is 0 Å². The minimum absolute atomic E-state index is 0.539. The van der Waals surface area contributed by atoms with E-state index in [4.69, 9.17) is 0 Å². The van der Waals surface area contributed by atoms with Crippen LogP contribution in [0.25, 0.3) is 0 Å². The van der Waals surface area contributed by atoms with E-state index in [-0.39, 0.29) is 0 Å². The van der Waals surface area contributed by atoms with Crippen LogP contribution in [0, 0.1) is 0 Å². The predicted molar refractivity (Wildman–Crippen MR) is 75.9 cm³/mol. The Bertz CT molecular complexity index is 315. The van der Waals surface area contributed by atoms with Gasteiger partial charge < -0.3 is 0 Å². The van der Waals surface area contributed by atoms with Crippen molar-refractivity contribution >= 4 is 13.5 Å². The molecule has 0 aromatic heterocycles. The van der Waals surface area contributed by atoms with E-state index in [0.29, 0.717) is 0 Å². The van der Waals surface area contributed by atoms with Crippen LogP contribution in [-0.4, -0.2) is 61.9 Å².